The van der Waals surface area contributed by atoms with Gasteiger partial charge in [-0.05, 0) is 34.9 Å². The van der Waals surface area contributed by atoms with Crippen molar-refractivity contribution in [1.29, 1.82) is 0 Å². The van der Waals surface area contributed by atoms with E-state index >= 15 is 0 Å². The Morgan fingerprint density at radius 1 is 0.947 bits per heavy atom. The summed E-state index contributed by atoms with van der Waals surface area (Å²) in [4.78, 5) is 73.9. The first-order chi connectivity index (χ1) is 18.0. The van der Waals surface area contributed by atoms with Crippen LogP contribution in [0.4, 0.5) is 0 Å². The molecule has 2 amide bonds. The average molecular weight is 526 g/mol. The summed E-state index contributed by atoms with van der Waals surface area (Å²) in [6.45, 7) is 1.25. The van der Waals surface area contributed by atoms with E-state index in [1.807, 2.05) is 0 Å². The Morgan fingerprint density at radius 2 is 1.55 bits per heavy atom. The number of hydrogen-bond acceptors (Lipinski definition) is 9. The zero-order chi connectivity index (χ0) is 28.0. The van der Waals surface area contributed by atoms with Crippen LogP contribution in [0, 0.1) is 0 Å². The topological polar surface area (TPSA) is 166 Å². The van der Waals surface area contributed by atoms with Crippen molar-refractivity contribution in [2.24, 2.45) is 0 Å². The van der Waals surface area contributed by atoms with Crippen molar-refractivity contribution in [2.45, 2.75) is 32.5 Å². The molecular weight excluding hydrogens is 500 g/mol. The number of fused-ring (bicyclic) bond motifs is 1. The lowest BCUT2D eigenvalue weighted by molar-refractivity contribution is -0.153. The van der Waals surface area contributed by atoms with E-state index in [2.05, 4.69) is 10.1 Å². The zero-order valence-electron chi connectivity index (χ0n) is 20.9. The van der Waals surface area contributed by atoms with Gasteiger partial charge in [0.15, 0.2) is 6.04 Å². The Labute approximate surface area is 217 Å². The van der Waals surface area contributed by atoms with E-state index in [0.29, 0.717) is 22.3 Å². The minimum absolute atomic E-state index is 0.0305. The molecule has 1 aliphatic heterocycles. The van der Waals surface area contributed by atoms with Gasteiger partial charge in [-0.25, -0.2) is 9.59 Å². The number of esters is 3. The predicted molar refractivity (Wildman–Crippen MR) is 130 cm³/mol. The highest BCUT2D eigenvalue weighted by Crippen LogP contribution is 2.34. The Kier molecular flexibility index (Phi) is 8.79. The first kappa shape index (κ1) is 27.8. The van der Waals surface area contributed by atoms with Gasteiger partial charge in [-0.3, -0.25) is 19.2 Å². The van der Waals surface area contributed by atoms with E-state index in [0.717, 1.165) is 21.0 Å². The maximum atomic E-state index is 13.4. The van der Waals surface area contributed by atoms with Crippen LogP contribution < -0.4 is 5.32 Å². The largest absolute Gasteiger partial charge is 0.478 e. The van der Waals surface area contributed by atoms with Crippen molar-refractivity contribution in [3.8, 4) is 11.1 Å². The van der Waals surface area contributed by atoms with E-state index in [4.69, 9.17) is 14.6 Å². The van der Waals surface area contributed by atoms with Crippen molar-refractivity contribution < 1.29 is 48.1 Å². The molecule has 0 radical (unpaired) electrons. The van der Waals surface area contributed by atoms with Gasteiger partial charge in [0, 0.05) is 26.0 Å². The number of carboxylic acid groups (broad SMARTS) is 1. The van der Waals surface area contributed by atoms with Gasteiger partial charge >= 0.3 is 23.9 Å². The van der Waals surface area contributed by atoms with Crippen LogP contribution in [-0.2, 0) is 39.9 Å². The number of hydrogen-bond donors (Lipinski definition) is 2. The van der Waals surface area contributed by atoms with Crippen LogP contribution in [0.3, 0.4) is 0 Å². The maximum Gasteiger partial charge on any atom is 0.335 e. The minimum Gasteiger partial charge on any atom is -0.478 e. The van der Waals surface area contributed by atoms with E-state index in [1.165, 1.54) is 17.0 Å². The molecule has 2 atom stereocenters. The quantitative estimate of drug-likeness (QED) is 0.339. The second kappa shape index (κ2) is 12.0. The monoisotopic (exact) mass is 526 g/mol. The number of benzene rings is 2. The molecule has 1 aliphatic rings. The van der Waals surface area contributed by atoms with Gasteiger partial charge in [-0.2, -0.15) is 0 Å². The molecule has 2 N–H and O–H groups in total. The fraction of sp³-hybridized carbons (Fsp3) is 0.308. The number of carbonyl (C=O) groups excluding carboxylic acids is 5. The van der Waals surface area contributed by atoms with E-state index in [1.54, 1.807) is 30.3 Å². The average Bonchev–Trinajstić information content (AvgIpc) is 3.22. The molecule has 2 unspecified atom stereocenters. The number of aromatic carboxylic acids is 1. The standard InChI is InChI=1S/C26H26N2O10/c1-14(29)37-12-21(26(35)36-3)27-23(31)22(13-38-15(2)30)28-11-20-18(5-4-6-19(20)24(28)32)16-7-9-17(10-8-16)25(33)34/h4-10,21-22H,11-13H2,1-3H3,(H,27,31)(H,33,34). The van der Waals surface area contributed by atoms with Crippen molar-refractivity contribution in [1.82, 2.24) is 10.2 Å². The molecule has 0 saturated carbocycles. The molecule has 2 aromatic rings. The summed E-state index contributed by atoms with van der Waals surface area (Å²) in [5.41, 5.74) is 2.32. The number of rotatable bonds is 10. The van der Waals surface area contributed by atoms with Crippen molar-refractivity contribution in [3.05, 3.63) is 59.2 Å². The first-order valence-electron chi connectivity index (χ1n) is 11.4. The molecule has 0 aromatic heterocycles. The normalized spacial score (nSPS) is 13.7. The fourth-order valence-corrected chi connectivity index (χ4v) is 3.95. The third-order valence-electron chi connectivity index (χ3n) is 5.82. The van der Waals surface area contributed by atoms with Crippen LogP contribution in [0.1, 0.15) is 40.1 Å². The smallest absolute Gasteiger partial charge is 0.335 e. The number of nitrogens with zero attached hydrogens (tertiary/aromatic N) is 1. The van der Waals surface area contributed by atoms with Crippen molar-refractivity contribution >= 4 is 35.7 Å². The lowest BCUT2D eigenvalue weighted by Gasteiger charge is -2.28. The summed E-state index contributed by atoms with van der Waals surface area (Å²) in [5.74, 6) is -4.66. The van der Waals surface area contributed by atoms with Crippen molar-refractivity contribution in [2.75, 3.05) is 20.3 Å². The van der Waals surface area contributed by atoms with E-state index in [9.17, 15) is 28.8 Å². The van der Waals surface area contributed by atoms with Gasteiger partial charge in [-0.1, -0.05) is 24.3 Å². The first-order valence-corrected chi connectivity index (χ1v) is 11.4. The second-order valence-electron chi connectivity index (χ2n) is 8.35. The van der Waals surface area contributed by atoms with Gasteiger partial charge in [0.05, 0.1) is 12.7 Å². The lowest BCUT2D eigenvalue weighted by atomic mass is 9.96. The summed E-state index contributed by atoms with van der Waals surface area (Å²) < 4.78 is 14.5. The molecule has 3 rings (SSSR count). The molecule has 0 bridgehead atoms. The van der Waals surface area contributed by atoms with Crippen LogP contribution in [0.25, 0.3) is 11.1 Å². The van der Waals surface area contributed by atoms with Gasteiger partial charge in [0.2, 0.25) is 5.91 Å². The predicted octanol–water partition coefficient (Wildman–Crippen LogP) is 1.16. The van der Waals surface area contributed by atoms with Crippen LogP contribution in [-0.4, -0.2) is 78.1 Å². The number of ether oxygens (including phenoxy) is 3. The Balaban J connectivity index is 1.91. The molecule has 12 nitrogen and oxygen atoms in total. The number of methoxy groups -OCH3 is 1. The minimum atomic E-state index is -1.36. The summed E-state index contributed by atoms with van der Waals surface area (Å²) in [7, 11) is 1.09. The van der Waals surface area contributed by atoms with Gasteiger partial charge in [0.1, 0.15) is 19.3 Å². The second-order valence-corrected chi connectivity index (χ2v) is 8.35. The molecule has 1 heterocycles. The van der Waals surface area contributed by atoms with E-state index < -0.39 is 61.0 Å². The van der Waals surface area contributed by atoms with Crippen LogP contribution >= 0.6 is 0 Å². The molecule has 12 heteroatoms. The van der Waals surface area contributed by atoms with Crippen LogP contribution in [0.5, 0.6) is 0 Å². The maximum absolute atomic E-state index is 13.4. The zero-order valence-corrected chi connectivity index (χ0v) is 20.9. The molecule has 200 valence electrons. The number of carbonyl (C=O) groups is 6. The third-order valence-corrected chi connectivity index (χ3v) is 5.82. The van der Waals surface area contributed by atoms with Crippen LogP contribution in [0.15, 0.2) is 42.5 Å². The number of carboxylic acids is 1. The molecule has 0 fully saturated rings. The van der Waals surface area contributed by atoms with Gasteiger partial charge < -0.3 is 29.5 Å². The van der Waals surface area contributed by atoms with Gasteiger partial charge in [-0.15, -0.1) is 0 Å². The molecule has 0 saturated heterocycles. The molecule has 0 aliphatic carbocycles. The Bertz CT molecular complexity index is 1270. The van der Waals surface area contributed by atoms with Crippen LogP contribution in [0.2, 0.25) is 0 Å². The highest BCUT2D eigenvalue weighted by molar-refractivity contribution is 6.03. The Morgan fingerprint density at radius 3 is 2.13 bits per heavy atom. The fourth-order valence-electron chi connectivity index (χ4n) is 3.95. The van der Waals surface area contributed by atoms with Gasteiger partial charge in [0.25, 0.3) is 5.91 Å². The highest BCUT2D eigenvalue weighted by atomic mass is 16.5. The molecule has 0 spiro atoms. The summed E-state index contributed by atoms with van der Waals surface area (Å²) in [6, 6.07) is 8.44. The SMILES string of the molecule is COC(=O)C(COC(C)=O)NC(=O)C(COC(C)=O)N1Cc2c(cccc2-c2ccc(C(=O)O)cc2)C1=O. The summed E-state index contributed by atoms with van der Waals surface area (Å²) in [6.07, 6.45) is 0. The highest BCUT2D eigenvalue weighted by Gasteiger charge is 2.39. The lowest BCUT2D eigenvalue weighted by Crippen LogP contribution is -2.55. The van der Waals surface area contributed by atoms with Crippen molar-refractivity contribution in [3.63, 3.8) is 0 Å². The third kappa shape index (κ3) is 6.33. The number of amides is 2. The molecule has 2 aromatic carbocycles. The number of nitrogens with one attached hydrogen (secondary N) is 1. The summed E-state index contributed by atoms with van der Waals surface area (Å²) in [5, 5.41) is 11.6. The van der Waals surface area contributed by atoms with E-state index in [-0.39, 0.29) is 12.1 Å². The summed E-state index contributed by atoms with van der Waals surface area (Å²) >= 11 is 0. The Hall–Kier alpha value is -4.74. The molecular formula is C26H26N2O10. The molecule has 38 heavy (non-hydrogen) atoms.